The van der Waals surface area contributed by atoms with E-state index in [0.717, 1.165) is 12.7 Å². The molecule has 1 amide bonds. The van der Waals surface area contributed by atoms with Gasteiger partial charge in [0.15, 0.2) is 9.84 Å². The van der Waals surface area contributed by atoms with Gasteiger partial charge in [-0.3, -0.25) is 4.79 Å². The highest BCUT2D eigenvalue weighted by Gasteiger charge is 2.17. The van der Waals surface area contributed by atoms with Crippen LogP contribution in [0.1, 0.15) is 32.1 Å². The number of nitrogens with zero attached hydrogens (tertiary/aromatic N) is 3. The van der Waals surface area contributed by atoms with Gasteiger partial charge in [0.05, 0.1) is 6.04 Å². The van der Waals surface area contributed by atoms with Crippen molar-refractivity contribution < 1.29 is 13.2 Å². The van der Waals surface area contributed by atoms with Crippen LogP contribution in [0, 0.1) is 0 Å². The molecule has 0 bridgehead atoms. The van der Waals surface area contributed by atoms with Gasteiger partial charge in [0.2, 0.25) is 5.91 Å². The molecule has 0 aliphatic heterocycles. The first-order valence-electron chi connectivity index (χ1n) is 5.68. The highest BCUT2D eigenvalue weighted by molar-refractivity contribution is 7.91. The lowest BCUT2D eigenvalue weighted by Crippen LogP contribution is -2.33. The standard InChI is InChI=1S/C10H18N4O3S/c1-4-5-14-10(11-7-12-14)8(2)13-9(15)6-18(3,16)17/h7-8H,4-6H2,1-3H3,(H,13,15)/t8-/m0/s1. The minimum absolute atomic E-state index is 0.367. The van der Waals surface area contributed by atoms with Crippen molar-refractivity contribution in [3.8, 4) is 0 Å². The summed E-state index contributed by atoms with van der Waals surface area (Å²) in [6.45, 7) is 4.47. The molecule has 1 aromatic rings. The Bertz CT molecular complexity index is 509. The number of hydrogen-bond acceptors (Lipinski definition) is 5. The second-order valence-electron chi connectivity index (χ2n) is 4.20. The van der Waals surface area contributed by atoms with Crippen molar-refractivity contribution in [3.05, 3.63) is 12.2 Å². The molecule has 0 saturated heterocycles. The Balaban J connectivity index is 2.67. The van der Waals surface area contributed by atoms with E-state index in [0.29, 0.717) is 12.4 Å². The zero-order valence-corrected chi connectivity index (χ0v) is 11.6. The SMILES string of the molecule is CCCn1ncnc1[C@H](C)NC(=O)CS(C)(=O)=O. The second kappa shape index (κ2) is 5.94. The number of carbonyl (C=O) groups excluding carboxylic acids is 1. The van der Waals surface area contributed by atoms with Crippen LogP contribution >= 0.6 is 0 Å². The molecule has 7 nitrogen and oxygen atoms in total. The van der Waals surface area contributed by atoms with E-state index < -0.39 is 21.5 Å². The number of rotatable bonds is 6. The minimum Gasteiger partial charge on any atom is -0.345 e. The molecule has 1 heterocycles. The van der Waals surface area contributed by atoms with Gasteiger partial charge < -0.3 is 5.32 Å². The van der Waals surface area contributed by atoms with Gasteiger partial charge in [-0.2, -0.15) is 5.10 Å². The Labute approximate surface area is 107 Å². The van der Waals surface area contributed by atoms with E-state index in [2.05, 4.69) is 15.4 Å². The summed E-state index contributed by atoms with van der Waals surface area (Å²) in [5.74, 6) is -0.422. The Kier molecular flexibility index (Phi) is 4.83. The normalized spacial score (nSPS) is 13.3. The summed E-state index contributed by atoms with van der Waals surface area (Å²) >= 11 is 0. The first-order chi connectivity index (χ1) is 8.33. The van der Waals surface area contributed by atoms with E-state index in [1.54, 1.807) is 11.6 Å². The van der Waals surface area contributed by atoms with Crippen LogP contribution in [-0.2, 0) is 21.2 Å². The van der Waals surface area contributed by atoms with Crippen LogP contribution in [0.5, 0.6) is 0 Å². The molecule has 0 saturated carbocycles. The number of amides is 1. The van der Waals surface area contributed by atoms with Crippen LogP contribution in [0.25, 0.3) is 0 Å². The number of sulfone groups is 1. The van der Waals surface area contributed by atoms with E-state index in [-0.39, 0.29) is 6.04 Å². The van der Waals surface area contributed by atoms with Crippen molar-refractivity contribution in [3.63, 3.8) is 0 Å². The first-order valence-corrected chi connectivity index (χ1v) is 7.74. The third-order valence-corrected chi connectivity index (χ3v) is 3.03. The monoisotopic (exact) mass is 274 g/mol. The van der Waals surface area contributed by atoms with Crippen LogP contribution in [0.15, 0.2) is 6.33 Å². The zero-order chi connectivity index (χ0) is 13.8. The van der Waals surface area contributed by atoms with Gasteiger partial charge >= 0.3 is 0 Å². The molecule has 0 spiro atoms. The Morgan fingerprint density at radius 3 is 2.78 bits per heavy atom. The van der Waals surface area contributed by atoms with Gasteiger partial charge in [-0.25, -0.2) is 18.1 Å². The van der Waals surface area contributed by atoms with Gasteiger partial charge in [-0.05, 0) is 13.3 Å². The summed E-state index contributed by atoms with van der Waals surface area (Å²) in [6, 6.07) is -0.367. The molecule has 1 aromatic heterocycles. The highest BCUT2D eigenvalue weighted by Crippen LogP contribution is 2.08. The average Bonchev–Trinajstić information content (AvgIpc) is 2.63. The molecule has 18 heavy (non-hydrogen) atoms. The van der Waals surface area contributed by atoms with Crippen molar-refractivity contribution in [2.24, 2.45) is 0 Å². The average molecular weight is 274 g/mol. The third kappa shape index (κ3) is 4.44. The lowest BCUT2D eigenvalue weighted by Gasteiger charge is -2.13. The largest absolute Gasteiger partial charge is 0.345 e. The van der Waals surface area contributed by atoms with Gasteiger partial charge in [-0.1, -0.05) is 6.92 Å². The minimum atomic E-state index is -3.31. The number of nitrogens with one attached hydrogen (secondary N) is 1. The van der Waals surface area contributed by atoms with Gasteiger partial charge in [-0.15, -0.1) is 0 Å². The molecule has 0 fully saturated rings. The summed E-state index contributed by atoms with van der Waals surface area (Å²) < 4.78 is 23.7. The maximum atomic E-state index is 11.5. The maximum absolute atomic E-state index is 11.5. The Hall–Kier alpha value is -1.44. The van der Waals surface area contributed by atoms with E-state index in [9.17, 15) is 13.2 Å². The number of carbonyl (C=O) groups is 1. The van der Waals surface area contributed by atoms with Crippen LogP contribution in [0.3, 0.4) is 0 Å². The van der Waals surface area contributed by atoms with Crippen LogP contribution in [0.2, 0.25) is 0 Å². The fourth-order valence-corrected chi connectivity index (χ4v) is 2.14. The second-order valence-corrected chi connectivity index (χ2v) is 6.34. The predicted octanol–water partition coefficient (Wildman–Crippen LogP) is -0.0901. The lowest BCUT2D eigenvalue weighted by molar-refractivity contribution is -0.119. The maximum Gasteiger partial charge on any atom is 0.235 e. The molecular formula is C10H18N4O3S. The van der Waals surface area contributed by atoms with Gasteiger partial charge in [0.25, 0.3) is 0 Å². The first kappa shape index (κ1) is 14.6. The molecular weight excluding hydrogens is 256 g/mol. The number of hydrogen-bond donors (Lipinski definition) is 1. The third-order valence-electron chi connectivity index (χ3n) is 2.24. The zero-order valence-electron chi connectivity index (χ0n) is 10.8. The molecule has 0 unspecified atom stereocenters. The molecule has 1 rings (SSSR count). The Morgan fingerprint density at radius 2 is 2.22 bits per heavy atom. The van der Waals surface area contributed by atoms with Crippen molar-refractivity contribution in [1.82, 2.24) is 20.1 Å². The van der Waals surface area contributed by atoms with Crippen molar-refractivity contribution >= 4 is 15.7 Å². The molecule has 0 radical (unpaired) electrons. The summed E-state index contributed by atoms with van der Waals surface area (Å²) in [5.41, 5.74) is 0. The summed E-state index contributed by atoms with van der Waals surface area (Å²) in [6.07, 6.45) is 3.35. The fourth-order valence-electron chi connectivity index (χ4n) is 1.58. The van der Waals surface area contributed by atoms with Gasteiger partial charge in [0, 0.05) is 12.8 Å². The predicted molar refractivity (Wildman–Crippen MR) is 66.6 cm³/mol. The van der Waals surface area contributed by atoms with Crippen LogP contribution in [-0.4, -0.2) is 41.1 Å². The topological polar surface area (TPSA) is 93.9 Å². The molecule has 8 heteroatoms. The molecule has 1 N–H and O–H groups in total. The lowest BCUT2D eigenvalue weighted by atomic mass is 10.3. The summed E-state index contributed by atoms with van der Waals surface area (Å²) in [5, 5.41) is 6.64. The molecule has 0 aliphatic rings. The quantitative estimate of drug-likeness (QED) is 0.782. The Morgan fingerprint density at radius 1 is 1.56 bits per heavy atom. The van der Waals surface area contributed by atoms with Crippen molar-refractivity contribution in [1.29, 1.82) is 0 Å². The van der Waals surface area contributed by atoms with E-state index in [1.165, 1.54) is 6.33 Å². The van der Waals surface area contributed by atoms with E-state index in [1.807, 2.05) is 6.92 Å². The van der Waals surface area contributed by atoms with E-state index >= 15 is 0 Å². The summed E-state index contributed by atoms with van der Waals surface area (Å²) in [7, 11) is -3.31. The van der Waals surface area contributed by atoms with E-state index in [4.69, 9.17) is 0 Å². The molecule has 0 aliphatic carbocycles. The van der Waals surface area contributed by atoms with Crippen molar-refractivity contribution in [2.45, 2.75) is 32.9 Å². The summed E-state index contributed by atoms with van der Waals surface area (Å²) in [4.78, 5) is 15.6. The number of aryl methyl sites for hydroxylation is 1. The van der Waals surface area contributed by atoms with Crippen LogP contribution < -0.4 is 5.32 Å². The molecule has 0 aromatic carbocycles. The number of aromatic nitrogens is 3. The smallest absolute Gasteiger partial charge is 0.235 e. The molecule has 1 atom stereocenters. The molecule has 102 valence electrons. The fraction of sp³-hybridized carbons (Fsp3) is 0.700. The highest BCUT2D eigenvalue weighted by atomic mass is 32.2. The van der Waals surface area contributed by atoms with Crippen LogP contribution in [0.4, 0.5) is 0 Å². The van der Waals surface area contributed by atoms with Crippen molar-refractivity contribution in [2.75, 3.05) is 12.0 Å². The van der Waals surface area contributed by atoms with Gasteiger partial charge in [0.1, 0.15) is 17.9 Å².